The summed E-state index contributed by atoms with van der Waals surface area (Å²) in [5, 5.41) is 13.2. The van der Waals surface area contributed by atoms with Gasteiger partial charge < -0.3 is 20.2 Å². The Kier molecular flexibility index (Phi) is 6.23. The zero-order chi connectivity index (χ0) is 18.7. The predicted molar refractivity (Wildman–Crippen MR) is 91.7 cm³/mol. The van der Waals surface area contributed by atoms with Crippen LogP contribution in [0, 0.1) is 0 Å². The van der Waals surface area contributed by atoms with Crippen LogP contribution in [0.2, 0.25) is 0 Å². The third-order valence-electron chi connectivity index (χ3n) is 3.77. The number of piperidine rings is 1. The van der Waals surface area contributed by atoms with Gasteiger partial charge in [0, 0.05) is 23.7 Å². The number of hydrogen-bond donors (Lipinski definition) is 2. The Morgan fingerprint density at radius 1 is 1.44 bits per heavy atom. The summed E-state index contributed by atoms with van der Waals surface area (Å²) in [4.78, 5) is 15.8. The van der Waals surface area contributed by atoms with Crippen LogP contribution >= 0.6 is 11.8 Å². The van der Waals surface area contributed by atoms with Crippen LogP contribution in [0.5, 0.6) is 0 Å². The number of likely N-dealkylation sites (N-methyl/N-ethyl adjacent to an activating group) is 1. The second-order valence-corrected chi connectivity index (χ2v) is 7.63. The molecule has 0 radical (unpaired) electrons. The average Bonchev–Trinajstić information content (AvgIpc) is 2.44. The van der Waals surface area contributed by atoms with Crippen LogP contribution < -0.4 is 5.32 Å². The van der Waals surface area contributed by atoms with Crippen molar-refractivity contribution >= 4 is 23.5 Å². The number of rotatable bonds is 4. The first-order chi connectivity index (χ1) is 11.6. The quantitative estimate of drug-likeness (QED) is 0.791. The number of hydrogen-bond acceptors (Lipinski definition) is 4. The molecular formula is C16H22F3N3O2S. The number of likely N-dealkylation sites (tertiary alicyclic amines) is 1. The Bertz CT molecular complexity index is 613. The maximum absolute atomic E-state index is 12.5. The van der Waals surface area contributed by atoms with E-state index >= 15 is 0 Å². The summed E-state index contributed by atoms with van der Waals surface area (Å²) in [5.41, 5.74) is -5.06. The van der Waals surface area contributed by atoms with Crippen molar-refractivity contribution in [2.75, 3.05) is 39.0 Å². The summed E-state index contributed by atoms with van der Waals surface area (Å²) >= 11 is -0.226. The van der Waals surface area contributed by atoms with Crippen molar-refractivity contribution in [3.8, 4) is 0 Å². The average molecular weight is 377 g/mol. The van der Waals surface area contributed by atoms with E-state index in [1.165, 1.54) is 29.2 Å². The number of nitrogens with one attached hydrogen (secondary N) is 1. The molecule has 9 heteroatoms. The number of halogens is 3. The number of anilines is 1. The van der Waals surface area contributed by atoms with E-state index in [2.05, 4.69) is 5.32 Å². The van der Waals surface area contributed by atoms with Crippen LogP contribution in [0.25, 0.3) is 0 Å². The van der Waals surface area contributed by atoms with E-state index in [1.807, 2.05) is 19.0 Å². The summed E-state index contributed by atoms with van der Waals surface area (Å²) < 4.78 is 37.4. The highest BCUT2D eigenvalue weighted by atomic mass is 32.2. The molecule has 1 atom stereocenters. The van der Waals surface area contributed by atoms with E-state index in [1.54, 1.807) is 0 Å². The number of urea groups is 1. The number of benzene rings is 1. The minimum absolute atomic E-state index is 0.00746. The van der Waals surface area contributed by atoms with Crippen molar-refractivity contribution in [2.24, 2.45) is 0 Å². The van der Waals surface area contributed by atoms with Crippen molar-refractivity contribution in [3.63, 3.8) is 0 Å². The summed E-state index contributed by atoms with van der Waals surface area (Å²) in [6.45, 7) is 1.13. The maximum Gasteiger partial charge on any atom is 0.446 e. The molecule has 5 nitrogen and oxygen atoms in total. The second kappa shape index (κ2) is 7.84. The lowest BCUT2D eigenvalue weighted by Crippen LogP contribution is -2.55. The highest BCUT2D eigenvalue weighted by molar-refractivity contribution is 8.00. The summed E-state index contributed by atoms with van der Waals surface area (Å²) in [6, 6.07) is 5.19. The van der Waals surface area contributed by atoms with Crippen molar-refractivity contribution in [2.45, 2.75) is 28.8 Å². The van der Waals surface area contributed by atoms with Gasteiger partial charge in [-0.3, -0.25) is 0 Å². The number of amides is 2. The van der Waals surface area contributed by atoms with Gasteiger partial charge in [0.25, 0.3) is 0 Å². The SMILES string of the molecule is CN(C)C[C@]1(O)CCCN(C(=O)Nc2cccc(SC(F)(F)F)c2)C1. The Hall–Kier alpha value is -1.45. The van der Waals surface area contributed by atoms with Crippen molar-refractivity contribution in [3.05, 3.63) is 24.3 Å². The molecule has 140 valence electrons. The highest BCUT2D eigenvalue weighted by Gasteiger charge is 2.35. The second-order valence-electron chi connectivity index (χ2n) is 6.49. The minimum atomic E-state index is -4.38. The van der Waals surface area contributed by atoms with E-state index in [9.17, 15) is 23.1 Å². The third-order valence-corrected chi connectivity index (χ3v) is 4.49. The highest BCUT2D eigenvalue weighted by Crippen LogP contribution is 2.37. The molecule has 0 aromatic heterocycles. The molecule has 1 aliphatic rings. The van der Waals surface area contributed by atoms with Gasteiger partial charge >= 0.3 is 11.5 Å². The van der Waals surface area contributed by atoms with E-state index in [-0.39, 0.29) is 23.2 Å². The lowest BCUT2D eigenvalue weighted by atomic mass is 9.92. The first kappa shape index (κ1) is 19.9. The van der Waals surface area contributed by atoms with Gasteiger partial charge in [0.05, 0.1) is 12.1 Å². The van der Waals surface area contributed by atoms with Crippen LogP contribution in [0.3, 0.4) is 0 Å². The maximum atomic E-state index is 12.5. The first-order valence-corrected chi connectivity index (χ1v) is 8.67. The number of carbonyl (C=O) groups excluding carboxylic acids is 1. The molecule has 25 heavy (non-hydrogen) atoms. The number of thioether (sulfide) groups is 1. The monoisotopic (exact) mass is 377 g/mol. The van der Waals surface area contributed by atoms with Crippen LogP contribution in [0.1, 0.15) is 12.8 Å². The smallest absolute Gasteiger partial charge is 0.387 e. The van der Waals surface area contributed by atoms with Gasteiger partial charge in [-0.1, -0.05) is 6.07 Å². The number of β-amino-alcohol motifs (C(OH)–C–C–N with tert-alkyl or cyclic N) is 1. The Morgan fingerprint density at radius 2 is 2.16 bits per heavy atom. The minimum Gasteiger partial charge on any atom is -0.387 e. The van der Waals surface area contributed by atoms with E-state index in [0.29, 0.717) is 31.6 Å². The van der Waals surface area contributed by atoms with Crippen molar-refractivity contribution < 1.29 is 23.1 Å². The van der Waals surface area contributed by atoms with Crippen LogP contribution in [0.15, 0.2) is 29.2 Å². The summed E-state index contributed by atoms with van der Waals surface area (Å²) in [7, 11) is 3.70. The molecule has 0 bridgehead atoms. The lowest BCUT2D eigenvalue weighted by Gasteiger charge is -2.40. The molecule has 1 aromatic rings. The molecule has 1 fully saturated rings. The third kappa shape index (κ3) is 6.41. The Labute approximate surface area is 149 Å². The largest absolute Gasteiger partial charge is 0.446 e. The zero-order valence-corrected chi connectivity index (χ0v) is 15.0. The van der Waals surface area contributed by atoms with Gasteiger partial charge in [-0.05, 0) is 56.9 Å². The molecule has 0 spiro atoms. The van der Waals surface area contributed by atoms with E-state index < -0.39 is 17.1 Å². The fraction of sp³-hybridized carbons (Fsp3) is 0.562. The summed E-state index contributed by atoms with van der Waals surface area (Å²) in [6.07, 6.45) is 1.27. The fourth-order valence-corrected chi connectivity index (χ4v) is 3.58. The number of aliphatic hydroxyl groups is 1. The van der Waals surface area contributed by atoms with E-state index in [4.69, 9.17) is 0 Å². The zero-order valence-electron chi connectivity index (χ0n) is 14.1. The Balaban J connectivity index is 2.01. The normalized spacial score (nSPS) is 21.5. The molecule has 1 heterocycles. The van der Waals surface area contributed by atoms with Gasteiger partial charge in [-0.25, -0.2) is 4.79 Å². The van der Waals surface area contributed by atoms with Gasteiger partial charge in [-0.15, -0.1) is 0 Å². The molecule has 0 saturated carbocycles. The molecule has 2 amide bonds. The number of carbonyl (C=O) groups is 1. The molecular weight excluding hydrogens is 355 g/mol. The summed E-state index contributed by atoms with van der Waals surface area (Å²) in [5.74, 6) is 0. The molecule has 1 saturated heterocycles. The van der Waals surface area contributed by atoms with Crippen LogP contribution in [-0.2, 0) is 0 Å². The van der Waals surface area contributed by atoms with Gasteiger partial charge in [0.1, 0.15) is 0 Å². The van der Waals surface area contributed by atoms with Crippen LogP contribution in [-0.4, -0.2) is 65.8 Å². The number of nitrogens with zero attached hydrogens (tertiary/aromatic N) is 2. The Morgan fingerprint density at radius 3 is 2.80 bits per heavy atom. The standard InChI is InChI=1S/C16H22F3N3O2S/c1-21(2)10-15(24)7-4-8-22(11-15)14(23)20-12-5-3-6-13(9-12)25-16(17,18)19/h3,5-6,9,24H,4,7-8,10-11H2,1-2H3,(H,20,23)/t15-/m1/s1. The molecule has 2 N–H and O–H groups in total. The van der Waals surface area contributed by atoms with Crippen LogP contribution in [0.4, 0.5) is 23.7 Å². The molecule has 0 unspecified atom stereocenters. The predicted octanol–water partition coefficient (Wildman–Crippen LogP) is 3.22. The topological polar surface area (TPSA) is 55.8 Å². The molecule has 1 aliphatic heterocycles. The molecule has 2 rings (SSSR count). The lowest BCUT2D eigenvalue weighted by molar-refractivity contribution is -0.0336. The van der Waals surface area contributed by atoms with Crippen molar-refractivity contribution in [1.29, 1.82) is 0 Å². The first-order valence-electron chi connectivity index (χ1n) is 7.85. The van der Waals surface area contributed by atoms with E-state index in [0.717, 1.165) is 0 Å². The van der Waals surface area contributed by atoms with Crippen molar-refractivity contribution in [1.82, 2.24) is 9.80 Å². The van der Waals surface area contributed by atoms with Gasteiger partial charge in [0.2, 0.25) is 0 Å². The van der Waals surface area contributed by atoms with Gasteiger partial charge in [-0.2, -0.15) is 13.2 Å². The van der Waals surface area contributed by atoms with Gasteiger partial charge in [0.15, 0.2) is 0 Å². The molecule has 1 aromatic carbocycles. The fourth-order valence-electron chi connectivity index (χ4n) is 2.98. The number of alkyl halides is 3. The molecule has 0 aliphatic carbocycles.